The summed E-state index contributed by atoms with van der Waals surface area (Å²) in [6.45, 7) is 3.95. The average molecular weight is 415 g/mol. The second-order valence-electron chi connectivity index (χ2n) is 7.13. The van der Waals surface area contributed by atoms with E-state index in [9.17, 15) is 4.79 Å². The minimum atomic E-state index is -0.170. The standard InChI is InChI=1S/C23H29NO6/c1-16-5-8-18(9-6-16)30-15-19-14-24(11-12-29-19)21(25)13-17-7-10-20(26-2)23(28-4)22(17)27-3/h5-10,19H,11-15H2,1-4H3/t19-/m1/s1. The molecule has 1 amide bonds. The van der Waals surface area contributed by atoms with Crippen LogP contribution in [0.5, 0.6) is 23.0 Å². The molecule has 0 N–H and O–H groups in total. The minimum Gasteiger partial charge on any atom is -0.493 e. The van der Waals surface area contributed by atoms with Crippen molar-refractivity contribution in [1.29, 1.82) is 0 Å². The highest BCUT2D eigenvalue weighted by Crippen LogP contribution is 2.40. The van der Waals surface area contributed by atoms with Crippen LogP contribution >= 0.6 is 0 Å². The fraction of sp³-hybridized carbons (Fsp3) is 0.435. The molecular weight excluding hydrogens is 386 g/mol. The molecule has 1 aliphatic heterocycles. The number of carbonyl (C=O) groups is 1. The molecule has 0 bridgehead atoms. The molecule has 7 heteroatoms. The molecule has 30 heavy (non-hydrogen) atoms. The van der Waals surface area contributed by atoms with Crippen molar-refractivity contribution in [2.45, 2.75) is 19.4 Å². The zero-order valence-corrected chi connectivity index (χ0v) is 18.0. The first kappa shape index (κ1) is 21.8. The first-order valence-corrected chi connectivity index (χ1v) is 9.92. The van der Waals surface area contributed by atoms with Crippen LogP contribution in [-0.2, 0) is 16.0 Å². The van der Waals surface area contributed by atoms with Gasteiger partial charge in [-0.2, -0.15) is 0 Å². The van der Waals surface area contributed by atoms with Gasteiger partial charge in [0.05, 0.1) is 40.9 Å². The number of hydrogen-bond donors (Lipinski definition) is 0. The van der Waals surface area contributed by atoms with E-state index < -0.39 is 0 Å². The maximum atomic E-state index is 12.9. The Kier molecular flexibility index (Phi) is 7.41. The van der Waals surface area contributed by atoms with Crippen LogP contribution < -0.4 is 18.9 Å². The first-order valence-electron chi connectivity index (χ1n) is 9.92. The van der Waals surface area contributed by atoms with Gasteiger partial charge in [0.25, 0.3) is 0 Å². The monoisotopic (exact) mass is 415 g/mol. The Morgan fingerprint density at radius 2 is 1.77 bits per heavy atom. The zero-order valence-electron chi connectivity index (χ0n) is 18.0. The lowest BCUT2D eigenvalue weighted by molar-refractivity contribution is -0.139. The van der Waals surface area contributed by atoms with Gasteiger partial charge in [-0.05, 0) is 25.1 Å². The molecule has 1 fully saturated rings. The fourth-order valence-electron chi connectivity index (χ4n) is 3.45. The normalized spacial score (nSPS) is 16.1. The van der Waals surface area contributed by atoms with E-state index in [0.717, 1.165) is 11.3 Å². The number of hydrogen-bond acceptors (Lipinski definition) is 6. The number of methoxy groups -OCH3 is 3. The van der Waals surface area contributed by atoms with Gasteiger partial charge in [-0.1, -0.05) is 23.8 Å². The highest BCUT2D eigenvalue weighted by Gasteiger charge is 2.26. The van der Waals surface area contributed by atoms with Crippen molar-refractivity contribution in [3.63, 3.8) is 0 Å². The van der Waals surface area contributed by atoms with Crippen molar-refractivity contribution in [2.75, 3.05) is 47.6 Å². The molecular formula is C23H29NO6. The molecule has 0 aromatic heterocycles. The number of ether oxygens (including phenoxy) is 5. The maximum Gasteiger partial charge on any atom is 0.227 e. The summed E-state index contributed by atoms with van der Waals surface area (Å²) in [6, 6.07) is 11.5. The summed E-state index contributed by atoms with van der Waals surface area (Å²) >= 11 is 0. The third kappa shape index (κ3) is 5.16. The van der Waals surface area contributed by atoms with Gasteiger partial charge < -0.3 is 28.6 Å². The van der Waals surface area contributed by atoms with Gasteiger partial charge in [0, 0.05) is 12.1 Å². The van der Waals surface area contributed by atoms with E-state index in [-0.39, 0.29) is 18.4 Å². The van der Waals surface area contributed by atoms with Gasteiger partial charge in [0.1, 0.15) is 18.5 Å². The molecule has 1 atom stereocenters. The summed E-state index contributed by atoms with van der Waals surface area (Å²) in [6.07, 6.45) is 0.0333. The highest BCUT2D eigenvalue weighted by molar-refractivity contribution is 5.80. The van der Waals surface area contributed by atoms with Crippen LogP contribution in [0, 0.1) is 6.92 Å². The summed E-state index contributed by atoms with van der Waals surface area (Å²) in [5, 5.41) is 0. The van der Waals surface area contributed by atoms with Gasteiger partial charge in [-0.3, -0.25) is 4.79 Å². The Morgan fingerprint density at radius 3 is 2.43 bits per heavy atom. The molecule has 2 aromatic carbocycles. The second-order valence-corrected chi connectivity index (χ2v) is 7.13. The molecule has 0 saturated carbocycles. The van der Waals surface area contributed by atoms with Crippen molar-refractivity contribution in [3.05, 3.63) is 47.5 Å². The number of nitrogens with zero attached hydrogens (tertiary/aromatic N) is 1. The maximum absolute atomic E-state index is 12.9. The summed E-state index contributed by atoms with van der Waals surface area (Å²) in [5.41, 5.74) is 1.93. The SMILES string of the molecule is COc1ccc(CC(=O)N2CCO[C@@H](COc3ccc(C)cc3)C2)c(OC)c1OC. The van der Waals surface area contributed by atoms with Gasteiger partial charge >= 0.3 is 0 Å². The van der Waals surface area contributed by atoms with Gasteiger partial charge in [-0.25, -0.2) is 0 Å². The van der Waals surface area contributed by atoms with E-state index in [0.29, 0.717) is 43.6 Å². The Balaban J connectivity index is 1.62. The molecule has 1 saturated heterocycles. The number of morpholine rings is 1. The number of aryl methyl sites for hydroxylation is 1. The fourth-order valence-corrected chi connectivity index (χ4v) is 3.45. The van der Waals surface area contributed by atoms with Gasteiger partial charge in [-0.15, -0.1) is 0 Å². The molecule has 3 rings (SSSR count). The second kappa shape index (κ2) is 10.2. The van der Waals surface area contributed by atoms with Crippen molar-refractivity contribution in [3.8, 4) is 23.0 Å². The molecule has 0 unspecified atom stereocenters. The number of benzene rings is 2. The van der Waals surface area contributed by atoms with E-state index in [1.807, 2.05) is 42.2 Å². The number of rotatable bonds is 8. The summed E-state index contributed by atoms with van der Waals surface area (Å²) in [7, 11) is 4.67. The van der Waals surface area contributed by atoms with Crippen molar-refractivity contribution >= 4 is 5.91 Å². The predicted molar refractivity (Wildman–Crippen MR) is 113 cm³/mol. The van der Waals surface area contributed by atoms with E-state index in [4.69, 9.17) is 23.7 Å². The van der Waals surface area contributed by atoms with E-state index in [2.05, 4.69) is 0 Å². The molecule has 162 valence electrons. The lowest BCUT2D eigenvalue weighted by Gasteiger charge is -2.33. The Morgan fingerprint density at radius 1 is 1.03 bits per heavy atom. The number of carbonyl (C=O) groups excluding carboxylic acids is 1. The van der Waals surface area contributed by atoms with Crippen LogP contribution in [0.4, 0.5) is 0 Å². The van der Waals surface area contributed by atoms with E-state index >= 15 is 0 Å². The van der Waals surface area contributed by atoms with E-state index in [1.54, 1.807) is 27.4 Å². The topological polar surface area (TPSA) is 66.5 Å². The molecule has 1 aliphatic rings. The minimum absolute atomic E-state index is 0.00385. The van der Waals surface area contributed by atoms with Crippen LogP contribution in [-0.4, -0.2) is 64.5 Å². The molecule has 0 spiro atoms. The van der Waals surface area contributed by atoms with Crippen LogP contribution in [0.15, 0.2) is 36.4 Å². The first-order chi connectivity index (χ1) is 14.5. The van der Waals surface area contributed by atoms with Crippen molar-refractivity contribution in [2.24, 2.45) is 0 Å². The van der Waals surface area contributed by atoms with Crippen LogP contribution in [0.1, 0.15) is 11.1 Å². The molecule has 1 heterocycles. The lowest BCUT2D eigenvalue weighted by Crippen LogP contribution is -2.48. The van der Waals surface area contributed by atoms with Crippen LogP contribution in [0.3, 0.4) is 0 Å². The summed E-state index contributed by atoms with van der Waals surface area (Å²) < 4.78 is 27.8. The van der Waals surface area contributed by atoms with Gasteiger partial charge in [0.2, 0.25) is 11.7 Å². The quantitative estimate of drug-likeness (QED) is 0.661. The highest BCUT2D eigenvalue weighted by atomic mass is 16.5. The third-order valence-corrected chi connectivity index (χ3v) is 5.08. The van der Waals surface area contributed by atoms with Crippen LogP contribution in [0.2, 0.25) is 0 Å². The smallest absolute Gasteiger partial charge is 0.227 e. The van der Waals surface area contributed by atoms with Crippen LogP contribution in [0.25, 0.3) is 0 Å². The zero-order chi connectivity index (χ0) is 21.5. The van der Waals surface area contributed by atoms with Gasteiger partial charge in [0.15, 0.2) is 11.5 Å². The lowest BCUT2D eigenvalue weighted by atomic mass is 10.1. The molecule has 0 aliphatic carbocycles. The number of amides is 1. The van der Waals surface area contributed by atoms with E-state index in [1.165, 1.54) is 5.56 Å². The van der Waals surface area contributed by atoms with Crippen molar-refractivity contribution < 1.29 is 28.5 Å². The predicted octanol–water partition coefficient (Wildman–Crippen LogP) is 2.87. The summed E-state index contributed by atoms with van der Waals surface area (Å²) in [4.78, 5) is 14.8. The largest absolute Gasteiger partial charge is 0.493 e. The molecule has 2 aromatic rings. The molecule has 0 radical (unpaired) electrons. The Hall–Kier alpha value is -2.93. The Bertz CT molecular complexity index is 852. The van der Waals surface area contributed by atoms with Crippen molar-refractivity contribution in [1.82, 2.24) is 4.90 Å². The Labute approximate surface area is 177 Å². The third-order valence-electron chi connectivity index (χ3n) is 5.08. The summed E-state index contributed by atoms with van der Waals surface area (Å²) in [5.74, 6) is 2.35. The molecule has 7 nitrogen and oxygen atoms in total. The average Bonchev–Trinajstić information content (AvgIpc) is 2.78.